The van der Waals surface area contributed by atoms with Crippen molar-refractivity contribution >= 4 is 5.91 Å². The van der Waals surface area contributed by atoms with Crippen LogP contribution in [0, 0.1) is 19.8 Å². The van der Waals surface area contributed by atoms with Gasteiger partial charge in [0.25, 0.3) is 5.91 Å². The molecule has 1 aliphatic rings. The van der Waals surface area contributed by atoms with Crippen molar-refractivity contribution in [3.63, 3.8) is 0 Å². The fourth-order valence-corrected chi connectivity index (χ4v) is 4.20. The summed E-state index contributed by atoms with van der Waals surface area (Å²) >= 11 is 0. The maximum absolute atomic E-state index is 12.8. The number of hydrogen-bond donors (Lipinski definition) is 1. The molecule has 1 atom stereocenters. The van der Waals surface area contributed by atoms with Gasteiger partial charge in [-0.05, 0) is 44.0 Å². The highest BCUT2D eigenvalue weighted by atomic mass is 16.5. The summed E-state index contributed by atoms with van der Waals surface area (Å²) in [6.07, 6.45) is 2.21. The summed E-state index contributed by atoms with van der Waals surface area (Å²) in [4.78, 5) is 15.2. The van der Waals surface area contributed by atoms with Crippen molar-refractivity contribution in [3.05, 3.63) is 46.8 Å². The molecule has 0 saturated carbocycles. The fourth-order valence-electron chi connectivity index (χ4n) is 4.20. The Balaban J connectivity index is 1.56. The fraction of sp³-hybridized carbons (Fsp3) is 0.583. The van der Waals surface area contributed by atoms with Gasteiger partial charge in [0.1, 0.15) is 18.1 Å². The number of ether oxygens (including phenoxy) is 2. The normalized spacial score (nSPS) is 15.8. The highest BCUT2D eigenvalue weighted by molar-refractivity contribution is 5.94. The molecule has 1 unspecified atom stereocenters. The third kappa shape index (κ3) is 6.08. The van der Waals surface area contributed by atoms with Gasteiger partial charge in [0.05, 0.1) is 24.5 Å². The zero-order chi connectivity index (χ0) is 22.2. The van der Waals surface area contributed by atoms with Gasteiger partial charge in [-0.25, -0.2) is 0 Å². The van der Waals surface area contributed by atoms with Crippen LogP contribution in [0.5, 0.6) is 5.75 Å². The molecular formula is C24H35N3O4. The number of nitrogens with one attached hydrogen (secondary N) is 1. The van der Waals surface area contributed by atoms with Crippen LogP contribution in [0.2, 0.25) is 0 Å². The summed E-state index contributed by atoms with van der Waals surface area (Å²) in [5, 5.41) is 7.09. The standard InChI is InChI=1S/C24H35N3O4/c1-5-19(6-2)23(27-11-13-29-14-12-27)15-25-24(28)20-7-9-21(10-8-20)30-16-22-17(3)26-31-18(22)4/h7-10,19,23H,5-6,11-16H2,1-4H3,(H,25,28). The van der Waals surface area contributed by atoms with E-state index in [0.29, 0.717) is 36.4 Å². The average molecular weight is 430 g/mol. The van der Waals surface area contributed by atoms with Gasteiger partial charge in [0.2, 0.25) is 0 Å². The predicted octanol–water partition coefficient (Wildman–Crippen LogP) is 3.74. The predicted molar refractivity (Wildman–Crippen MR) is 119 cm³/mol. The SMILES string of the molecule is CCC(CC)C(CNC(=O)c1ccc(OCc2c(C)noc2C)cc1)N1CCOCC1. The van der Waals surface area contributed by atoms with Crippen LogP contribution in [0.4, 0.5) is 0 Å². The first kappa shape index (κ1) is 23.3. The van der Waals surface area contributed by atoms with Crippen molar-refractivity contribution in [2.45, 2.75) is 53.2 Å². The van der Waals surface area contributed by atoms with Crippen molar-refractivity contribution in [2.24, 2.45) is 5.92 Å². The average Bonchev–Trinajstić information content (AvgIpc) is 3.13. The Morgan fingerprint density at radius 3 is 2.42 bits per heavy atom. The maximum Gasteiger partial charge on any atom is 0.251 e. The number of morpholine rings is 1. The lowest BCUT2D eigenvalue weighted by Crippen LogP contribution is -2.52. The Bertz CT molecular complexity index is 804. The molecule has 7 nitrogen and oxygen atoms in total. The molecule has 0 radical (unpaired) electrons. The van der Waals surface area contributed by atoms with E-state index in [2.05, 4.69) is 29.2 Å². The number of rotatable bonds is 10. The number of aromatic nitrogens is 1. The van der Waals surface area contributed by atoms with Crippen molar-refractivity contribution in [1.82, 2.24) is 15.4 Å². The first-order chi connectivity index (χ1) is 15.0. The van der Waals surface area contributed by atoms with Crippen LogP contribution in [0.25, 0.3) is 0 Å². The van der Waals surface area contributed by atoms with E-state index in [9.17, 15) is 4.79 Å². The topological polar surface area (TPSA) is 76.8 Å². The van der Waals surface area contributed by atoms with Crippen LogP contribution in [-0.4, -0.2) is 54.9 Å². The first-order valence-corrected chi connectivity index (χ1v) is 11.3. The number of hydrogen-bond acceptors (Lipinski definition) is 6. The second kappa shape index (κ2) is 11.3. The minimum absolute atomic E-state index is 0.0542. The van der Waals surface area contributed by atoms with Crippen LogP contribution >= 0.6 is 0 Å². The molecule has 170 valence electrons. The minimum atomic E-state index is -0.0542. The molecule has 0 aliphatic carbocycles. The van der Waals surface area contributed by atoms with E-state index in [-0.39, 0.29) is 5.91 Å². The molecule has 1 aromatic carbocycles. The minimum Gasteiger partial charge on any atom is -0.489 e. The molecular weight excluding hydrogens is 394 g/mol. The molecule has 2 heterocycles. The van der Waals surface area contributed by atoms with Gasteiger partial charge in [-0.15, -0.1) is 0 Å². The molecule has 2 aromatic rings. The molecule has 1 fully saturated rings. The molecule has 1 N–H and O–H groups in total. The van der Waals surface area contributed by atoms with Gasteiger partial charge in [-0.2, -0.15) is 0 Å². The van der Waals surface area contributed by atoms with Crippen LogP contribution in [0.1, 0.15) is 54.1 Å². The molecule has 3 rings (SSSR count). The largest absolute Gasteiger partial charge is 0.489 e. The first-order valence-electron chi connectivity index (χ1n) is 11.3. The van der Waals surface area contributed by atoms with E-state index in [1.807, 2.05) is 26.0 Å². The number of aryl methyl sites for hydroxylation is 2. The summed E-state index contributed by atoms with van der Waals surface area (Å²) in [5.74, 6) is 1.97. The van der Waals surface area contributed by atoms with Gasteiger partial charge < -0.3 is 19.3 Å². The molecule has 1 amide bonds. The summed E-state index contributed by atoms with van der Waals surface area (Å²) in [6, 6.07) is 7.60. The summed E-state index contributed by atoms with van der Waals surface area (Å²) < 4.78 is 16.5. The lowest BCUT2D eigenvalue weighted by atomic mass is 9.92. The molecule has 1 aromatic heterocycles. The van der Waals surface area contributed by atoms with Crippen LogP contribution in [-0.2, 0) is 11.3 Å². The van der Waals surface area contributed by atoms with Gasteiger partial charge in [0.15, 0.2) is 0 Å². The molecule has 31 heavy (non-hydrogen) atoms. The Morgan fingerprint density at radius 1 is 1.16 bits per heavy atom. The van der Waals surface area contributed by atoms with Gasteiger partial charge in [0, 0.05) is 31.2 Å². The highest BCUT2D eigenvalue weighted by Crippen LogP contribution is 2.21. The monoisotopic (exact) mass is 429 g/mol. The van der Waals surface area contributed by atoms with Crippen LogP contribution in [0.15, 0.2) is 28.8 Å². The zero-order valence-corrected chi connectivity index (χ0v) is 19.1. The second-order valence-electron chi connectivity index (χ2n) is 8.12. The Hall–Kier alpha value is -2.38. The Kier molecular flexibility index (Phi) is 8.49. The maximum atomic E-state index is 12.8. The van der Waals surface area contributed by atoms with Gasteiger partial charge >= 0.3 is 0 Å². The number of carbonyl (C=O) groups is 1. The van der Waals surface area contributed by atoms with Crippen LogP contribution < -0.4 is 10.1 Å². The molecule has 1 saturated heterocycles. The van der Waals surface area contributed by atoms with E-state index >= 15 is 0 Å². The zero-order valence-electron chi connectivity index (χ0n) is 19.1. The number of benzene rings is 1. The van der Waals surface area contributed by atoms with E-state index in [1.165, 1.54) is 0 Å². The van der Waals surface area contributed by atoms with E-state index in [0.717, 1.165) is 56.2 Å². The summed E-state index contributed by atoms with van der Waals surface area (Å²) in [7, 11) is 0. The van der Waals surface area contributed by atoms with Gasteiger partial charge in [-0.3, -0.25) is 9.69 Å². The quantitative estimate of drug-likeness (QED) is 0.620. The number of amides is 1. The van der Waals surface area contributed by atoms with Crippen molar-refractivity contribution in [2.75, 3.05) is 32.8 Å². The third-order valence-corrected chi connectivity index (χ3v) is 6.26. The number of nitrogens with zero attached hydrogens (tertiary/aromatic N) is 2. The molecule has 7 heteroatoms. The summed E-state index contributed by atoms with van der Waals surface area (Å²) in [5.41, 5.74) is 2.42. The second-order valence-corrected chi connectivity index (χ2v) is 8.12. The van der Waals surface area contributed by atoms with Crippen molar-refractivity contribution in [1.29, 1.82) is 0 Å². The Labute approximate surface area is 185 Å². The molecule has 0 spiro atoms. The molecule has 0 bridgehead atoms. The lowest BCUT2D eigenvalue weighted by Gasteiger charge is -2.38. The van der Waals surface area contributed by atoms with Crippen LogP contribution in [0.3, 0.4) is 0 Å². The van der Waals surface area contributed by atoms with E-state index < -0.39 is 0 Å². The highest BCUT2D eigenvalue weighted by Gasteiger charge is 2.27. The number of carbonyl (C=O) groups excluding carboxylic acids is 1. The van der Waals surface area contributed by atoms with Crippen molar-refractivity contribution in [3.8, 4) is 5.75 Å². The third-order valence-electron chi connectivity index (χ3n) is 6.26. The smallest absolute Gasteiger partial charge is 0.251 e. The lowest BCUT2D eigenvalue weighted by molar-refractivity contribution is 0.00191. The Morgan fingerprint density at radius 2 is 1.84 bits per heavy atom. The van der Waals surface area contributed by atoms with Crippen molar-refractivity contribution < 1.29 is 18.8 Å². The van der Waals surface area contributed by atoms with E-state index in [1.54, 1.807) is 12.1 Å². The van der Waals surface area contributed by atoms with Gasteiger partial charge in [-0.1, -0.05) is 31.8 Å². The molecule has 1 aliphatic heterocycles. The summed E-state index contributed by atoms with van der Waals surface area (Å²) in [6.45, 7) is 12.6. The van der Waals surface area contributed by atoms with E-state index in [4.69, 9.17) is 14.0 Å².